The fourth-order valence-electron chi connectivity index (χ4n) is 2.74. The molecule has 1 aromatic heterocycles. The van der Waals surface area contributed by atoms with Gasteiger partial charge in [0.2, 0.25) is 5.91 Å². The first kappa shape index (κ1) is 17.2. The Morgan fingerprint density at radius 3 is 2.60 bits per heavy atom. The van der Waals surface area contributed by atoms with Crippen LogP contribution in [-0.2, 0) is 11.3 Å². The standard InChI is InChI=1S/C19H22FN3O2/c20-16-4-6-17(7-5-16)25-12-9-19(24)22-14-15-3-8-18(21-13-15)23-10-1-2-11-23/h3-8,13H,1-2,9-12,14H2,(H,22,24). The molecule has 1 aliphatic heterocycles. The van der Waals surface area contributed by atoms with Crippen molar-refractivity contribution in [3.05, 3.63) is 54.0 Å². The second-order valence-corrected chi connectivity index (χ2v) is 6.05. The highest BCUT2D eigenvalue weighted by Gasteiger charge is 2.13. The maximum Gasteiger partial charge on any atom is 0.223 e. The summed E-state index contributed by atoms with van der Waals surface area (Å²) in [5.74, 6) is 1.15. The third kappa shape index (κ3) is 5.17. The van der Waals surface area contributed by atoms with Crippen molar-refractivity contribution in [2.24, 2.45) is 0 Å². The van der Waals surface area contributed by atoms with Gasteiger partial charge in [-0.2, -0.15) is 0 Å². The summed E-state index contributed by atoms with van der Waals surface area (Å²) < 4.78 is 18.2. The van der Waals surface area contributed by atoms with Gasteiger partial charge in [-0.15, -0.1) is 0 Å². The van der Waals surface area contributed by atoms with Gasteiger partial charge in [0.05, 0.1) is 13.0 Å². The average Bonchev–Trinajstić information content (AvgIpc) is 3.17. The summed E-state index contributed by atoms with van der Waals surface area (Å²) in [6.07, 6.45) is 4.50. The molecule has 6 heteroatoms. The van der Waals surface area contributed by atoms with Crippen molar-refractivity contribution >= 4 is 11.7 Å². The lowest BCUT2D eigenvalue weighted by Crippen LogP contribution is -2.24. The molecule has 0 atom stereocenters. The lowest BCUT2D eigenvalue weighted by Gasteiger charge is -2.16. The maximum atomic E-state index is 12.8. The Bertz CT molecular complexity index is 683. The molecule has 0 spiro atoms. The average molecular weight is 343 g/mol. The monoisotopic (exact) mass is 343 g/mol. The summed E-state index contributed by atoms with van der Waals surface area (Å²) in [4.78, 5) is 18.6. The normalized spacial score (nSPS) is 13.7. The minimum absolute atomic E-state index is 0.0919. The number of nitrogens with one attached hydrogen (secondary N) is 1. The summed E-state index contributed by atoms with van der Waals surface area (Å²) in [5.41, 5.74) is 0.968. The Morgan fingerprint density at radius 1 is 1.16 bits per heavy atom. The van der Waals surface area contributed by atoms with Crippen molar-refractivity contribution in [3.8, 4) is 5.75 Å². The lowest BCUT2D eigenvalue weighted by atomic mass is 10.2. The Morgan fingerprint density at radius 2 is 1.92 bits per heavy atom. The number of pyridine rings is 1. The lowest BCUT2D eigenvalue weighted by molar-refractivity contribution is -0.121. The molecule has 25 heavy (non-hydrogen) atoms. The molecule has 0 bridgehead atoms. The van der Waals surface area contributed by atoms with Gasteiger partial charge in [-0.05, 0) is 48.7 Å². The third-order valence-electron chi connectivity index (χ3n) is 4.14. The molecule has 1 N–H and O–H groups in total. The highest BCUT2D eigenvalue weighted by Crippen LogP contribution is 2.17. The van der Waals surface area contributed by atoms with E-state index in [2.05, 4.69) is 15.2 Å². The second kappa shape index (κ2) is 8.46. The van der Waals surface area contributed by atoms with Crippen LogP contribution in [0.2, 0.25) is 0 Å². The number of benzene rings is 1. The van der Waals surface area contributed by atoms with Gasteiger partial charge in [0, 0.05) is 25.8 Å². The van der Waals surface area contributed by atoms with Gasteiger partial charge in [0.15, 0.2) is 0 Å². The summed E-state index contributed by atoms with van der Waals surface area (Å²) >= 11 is 0. The van der Waals surface area contributed by atoms with E-state index in [0.29, 0.717) is 12.3 Å². The number of aromatic nitrogens is 1. The SMILES string of the molecule is O=C(CCOc1ccc(F)cc1)NCc1ccc(N2CCCC2)nc1. The van der Waals surface area contributed by atoms with E-state index in [1.165, 1.54) is 25.0 Å². The van der Waals surface area contributed by atoms with E-state index in [9.17, 15) is 9.18 Å². The zero-order valence-corrected chi connectivity index (χ0v) is 14.1. The van der Waals surface area contributed by atoms with Gasteiger partial charge < -0.3 is 15.0 Å². The van der Waals surface area contributed by atoms with Crippen LogP contribution in [0.3, 0.4) is 0 Å². The highest BCUT2D eigenvalue weighted by atomic mass is 19.1. The Hall–Kier alpha value is -2.63. The van der Waals surface area contributed by atoms with Crippen molar-refractivity contribution in [2.75, 3.05) is 24.6 Å². The predicted molar refractivity (Wildman–Crippen MR) is 94.0 cm³/mol. The first-order valence-electron chi connectivity index (χ1n) is 8.56. The second-order valence-electron chi connectivity index (χ2n) is 6.05. The molecule has 1 aliphatic rings. The van der Waals surface area contributed by atoms with Crippen LogP contribution in [-0.4, -0.2) is 30.6 Å². The number of carbonyl (C=O) groups excluding carboxylic acids is 1. The molecule has 2 aromatic rings. The molecule has 5 nitrogen and oxygen atoms in total. The molecule has 1 aromatic carbocycles. The predicted octanol–water partition coefficient (Wildman–Crippen LogP) is 2.91. The zero-order valence-electron chi connectivity index (χ0n) is 14.1. The highest BCUT2D eigenvalue weighted by molar-refractivity contribution is 5.76. The van der Waals surface area contributed by atoms with Crippen LogP contribution in [0, 0.1) is 5.82 Å². The smallest absolute Gasteiger partial charge is 0.223 e. The molecule has 0 unspecified atom stereocenters. The number of nitrogens with zero attached hydrogens (tertiary/aromatic N) is 2. The van der Waals surface area contributed by atoms with Gasteiger partial charge in [-0.25, -0.2) is 9.37 Å². The molecule has 1 fully saturated rings. The maximum absolute atomic E-state index is 12.8. The van der Waals surface area contributed by atoms with E-state index in [1.54, 1.807) is 12.1 Å². The number of hydrogen-bond acceptors (Lipinski definition) is 4. The molecule has 2 heterocycles. The van der Waals surface area contributed by atoms with Gasteiger partial charge in [0.1, 0.15) is 17.4 Å². The largest absolute Gasteiger partial charge is 0.493 e. The zero-order chi connectivity index (χ0) is 17.5. The number of hydrogen-bond donors (Lipinski definition) is 1. The molecular formula is C19H22FN3O2. The van der Waals surface area contributed by atoms with Crippen LogP contribution in [0.15, 0.2) is 42.6 Å². The Balaban J connectivity index is 1.37. The fraction of sp³-hybridized carbons (Fsp3) is 0.368. The van der Waals surface area contributed by atoms with Crippen LogP contribution in [0.4, 0.5) is 10.2 Å². The van der Waals surface area contributed by atoms with E-state index < -0.39 is 0 Å². The first-order chi connectivity index (χ1) is 12.2. The topological polar surface area (TPSA) is 54.5 Å². The third-order valence-corrected chi connectivity index (χ3v) is 4.14. The number of ether oxygens (including phenoxy) is 1. The first-order valence-corrected chi connectivity index (χ1v) is 8.56. The van der Waals surface area contributed by atoms with E-state index in [0.717, 1.165) is 24.5 Å². The number of carbonyl (C=O) groups is 1. The summed E-state index contributed by atoms with van der Waals surface area (Å²) in [5, 5.41) is 2.85. The van der Waals surface area contributed by atoms with E-state index in [-0.39, 0.29) is 24.8 Å². The van der Waals surface area contributed by atoms with Crippen molar-refractivity contribution in [3.63, 3.8) is 0 Å². The van der Waals surface area contributed by atoms with Gasteiger partial charge in [-0.1, -0.05) is 6.07 Å². The van der Waals surface area contributed by atoms with Crippen LogP contribution in [0.25, 0.3) is 0 Å². The molecule has 1 amide bonds. The minimum atomic E-state index is -0.311. The quantitative estimate of drug-likeness (QED) is 0.840. The number of anilines is 1. The molecule has 132 valence electrons. The summed E-state index contributed by atoms with van der Waals surface area (Å²) in [7, 11) is 0. The van der Waals surface area contributed by atoms with Crippen LogP contribution in [0.1, 0.15) is 24.8 Å². The minimum Gasteiger partial charge on any atom is -0.493 e. The number of amides is 1. The Kier molecular flexibility index (Phi) is 5.82. The molecule has 0 saturated carbocycles. The van der Waals surface area contributed by atoms with Crippen molar-refractivity contribution in [1.29, 1.82) is 0 Å². The van der Waals surface area contributed by atoms with Gasteiger partial charge >= 0.3 is 0 Å². The van der Waals surface area contributed by atoms with Gasteiger partial charge in [-0.3, -0.25) is 4.79 Å². The number of halogens is 1. The summed E-state index contributed by atoms with van der Waals surface area (Å²) in [6, 6.07) is 9.74. The van der Waals surface area contributed by atoms with Crippen LogP contribution < -0.4 is 15.0 Å². The van der Waals surface area contributed by atoms with Crippen molar-refractivity contribution < 1.29 is 13.9 Å². The van der Waals surface area contributed by atoms with Gasteiger partial charge in [0.25, 0.3) is 0 Å². The van der Waals surface area contributed by atoms with Crippen molar-refractivity contribution in [1.82, 2.24) is 10.3 Å². The fourth-order valence-corrected chi connectivity index (χ4v) is 2.74. The molecule has 0 aliphatic carbocycles. The van der Waals surface area contributed by atoms with E-state index >= 15 is 0 Å². The molecule has 3 rings (SSSR count). The van der Waals surface area contributed by atoms with Crippen LogP contribution in [0.5, 0.6) is 5.75 Å². The van der Waals surface area contributed by atoms with E-state index in [4.69, 9.17) is 4.74 Å². The molecule has 1 saturated heterocycles. The van der Waals surface area contributed by atoms with E-state index in [1.807, 2.05) is 18.3 Å². The molecule has 0 radical (unpaired) electrons. The number of rotatable bonds is 7. The van der Waals surface area contributed by atoms with Crippen molar-refractivity contribution in [2.45, 2.75) is 25.8 Å². The molecular weight excluding hydrogens is 321 g/mol. The Labute approximate surface area is 146 Å². The summed E-state index contributed by atoms with van der Waals surface area (Å²) in [6.45, 7) is 2.83. The van der Waals surface area contributed by atoms with Crippen LogP contribution >= 0.6 is 0 Å².